The van der Waals surface area contributed by atoms with E-state index in [0.29, 0.717) is 18.8 Å². The number of nitrogens with zero attached hydrogens (tertiary/aromatic N) is 2. The number of fused-ring (bicyclic) bond motifs is 1. The van der Waals surface area contributed by atoms with Crippen molar-refractivity contribution in [1.29, 1.82) is 0 Å². The number of aromatic nitrogens is 2. The van der Waals surface area contributed by atoms with Crippen molar-refractivity contribution in [2.45, 2.75) is 56.7 Å². The Morgan fingerprint density at radius 2 is 1.98 bits per heavy atom. The summed E-state index contributed by atoms with van der Waals surface area (Å²) in [5.41, 5.74) is 1.71. The molecular weight excluding hydrogens is 544 g/mol. The number of aliphatic hydroxyl groups is 3. The number of imidazole rings is 1. The first-order chi connectivity index (χ1) is 19.3. The van der Waals surface area contributed by atoms with Crippen LogP contribution in [0, 0.1) is 12.3 Å². The van der Waals surface area contributed by atoms with Crippen LogP contribution in [0.1, 0.15) is 29.0 Å². The van der Waals surface area contributed by atoms with Gasteiger partial charge < -0.3 is 43.6 Å². The van der Waals surface area contributed by atoms with Gasteiger partial charge in [-0.2, -0.15) is 0 Å². The lowest BCUT2D eigenvalue weighted by molar-refractivity contribution is -0.293. The quantitative estimate of drug-likeness (QED) is 0.177. The summed E-state index contributed by atoms with van der Waals surface area (Å²) in [6, 6.07) is 10.5. The third kappa shape index (κ3) is 6.18. The number of carbonyl (C=O) groups excluding carboxylic acids is 1. The molecule has 1 aliphatic rings. The molecule has 0 aliphatic carbocycles. The molecule has 214 valence electrons. The van der Waals surface area contributed by atoms with Gasteiger partial charge in [-0.3, -0.25) is 0 Å². The highest BCUT2D eigenvalue weighted by Gasteiger charge is 2.47. The van der Waals surface area contributed by atoms with Crippen LogP contribution in [0.2, 0.25) is 5.02 Å². The van der Waals surface area contributed by atoms with Gasteiger partial charge in [0.1, 0.15) is 47.8 Å². The second-order valence-corrected chi connectivity index (χ2v) is 9.47. The minimum absolute atomic E-state index is 0.0678. The lowest BCUT2D eigenvalue weighted by Crippen LogP contribution is -2.60. The standard InChI is InChI=1S/C28H31ClN2O9/c1-4-5-8-11-31-19-10-7-6-9-18(19)30-23(31)15-38-21-13-20(36-2)16(12-17(21)29)27(35)40-26-24(33)22(14-32)39-28(37-3)25(26)34/h1,6-7,9-10,12-13,22,24-26,28,32-34H,5,8,11,14-15H2,2-3H3/t22-,24-,25-,26+,28+/m1/s1. The van der Waals surface area contributed by atoms with Crippen molar-refractivity contribution in [3.05, 3.63) is 52.8 Å². The van der Waals surface area contributed by atoms with Gasteiger partial charge in [-0.05, 0) is 24.6 Å². The van der Waals surface area contributed by atoms with Gasteiger partial charge in [0.25, 0.3) is 0 Å². The van der Waals surface area contributed by atoms with Crippen LogP contribution in [0.5, 0.6) is 11.5 Å². The van der Waals surface area contributed by atoms with Crippen molar-refractivity contribution < 1.29 is 43.8 Å². The molecule has 3 N–H and O–H groups in total. The molecule has 2 aromatic carbocycles. The topological polar surface area (TPSA) is 142 Å². The number of methoxy groups -OCH3 is 2. The maximum Gasteiger partial charge on any atom is 0.342 e. The molecule has 2 heterocycles. The fourth-order valence-electron chi connectivity index (χ4n) is 4.51. The second-order valence-electron chi connectivity index (χ2n) is 9.06. The summed E-state index contributed by atoms with van der Waals surface area (Å²) in [5.74, 6) is 2.71. The lowest BCUT2D eigenvalue weighted by Gasteiger charge is -2.40. The Kier molecular flexibility index (Phi) is 9.86. The third-order valence-corrected chi connectivity index (χ3v) is 6.86. The summed E-state index contributed by atoms with van der Waals surface area (Å²) in [7, 11) is 2.63. The second kappa shape index (κ2) is 13.3. The fraction of sp³-hybridized carbons (Fsp3) is 0.429. The van der Waals surface area contributed by atoms with Gasteiger partial charge in [0.2, 0.25) is 0 Å². The molecule has 40 heavy (non-hydrogen) atoms. The van der Waals surface area contributed by atoms with E-state index in [1.165, 1.54) is 26.4 Å². The molecule has 12 heteroatoms. The average Bonchev–Trinajstić information content (AvgIpc) is 3.32. The van der Waals surface area contributed by atoms with Crippen molar-refractivity contribution in [3.63, 3.8) is 0 Å². The molecule has 3 aromatic rings. The molecule has 0 radical (unpaired) electrons. The van der Waals surface area contributed by atoms with Crippen LogP contribution in [0.4, 0.5) is 0 Å². The number of para-hydroxylation sites is 2. The normalized spacial score (nSPS) is 22.6. The summed E-state index contributed by atoms with van der Waals surface area (Å²) in [6.07, 6.45) is -0.0308. The summed E-state index contributed by atoms with van der Waals surface area (Å²) >= 11 is 6.47. The zero-order valence-electron chi connectivity index (χ0n) is 22.0. The maximum absolute atomic E-state index is 13.1. The molecule has 5 atom stereocenters. The molecule has 0 bridgehead atoms. The number of esters is 1. The van der Waals surface area contributed by atoms with Gasteiger partial charge in [-0.1, -0.05) is 23.7 Å². The van der Waals surface area contributed by atoms with Crippen molar-refractivity contribution in [3.8, 4) is 23.8 Å². The van der Waals surface area contributed by atoms with Crippen molar-refractivity contribution >= 4 is 28.6 Å². The summed E-state index contributed by atoms with van der Waals surface area (Å²) < 4.78 is 29.1. The molecule has 1 aliphatic heterocycles. The predicted octanol–water partition coefficient (Wildman–Crippen LogP) is 2.30. The number of aryl methyl sites for hydroxylation is 1. The third-order valence-electron chi connectivity index (χ3n) is 6.56. The number of benzene rings is 2. The highest BCUT2D eigenvalue weighted by molar-refractivity contribution is 6.32. The molecule has 1 saturated heterocycles. The lowest BCUT2D eigenvalue weighted by atomic mass is 9.99. The molecule has 4 rings (SSSR count). The highest BCUT2D eigenvalue weighted by atomic mass is 35.5. The maximum atomic E-state index is 13.1. The number of unbranched alkanes of at least 4 members (excludes halogenated alkanes) is 1. The molecule has 0 saturated carbocycles. The molecule has 11 nitrogen and oxygen atoms in total. The molecule has 0 unspecified atom stereocenters. The first kappa shape index (κ1) is 29.6. The van der Waals surface area contributed by atoms with Crippen LogP contribution < -0.4 is 9.47 Å². The van der Waals surface area contributed by atoms with Crippen molar-refractivity contribution in [1.82, 2.24) is 9.55 Å². The number of rotatable bonds is 11. The van der Waals surface area contributed by atoms with Crippen LogP contribution in [0.15, 0.2) is 36.4 Å². The van der Waals surface area contributed by atoms with E-state index in [4.69, 9.17) is 41.7 Å². The average molecular weight is 575 g/mol. The first-order valence-electron chi connectivity index (χ1n) is 12.6. The largest absolute Gasteiger partial charge is 0.496 e. The molecule has 0 spiro atoms. The summed E-state index contributed by atoms with van der Waals surface area (Å²) in [6.45, 7) is 0.162. The van der Waals surface area contributed by atoms with Crippen molar-refractivity contribution in [2.24, 2.45) is 0 Å². The van der Waals surface area contributed by atoms with E-state index in [9.17, 15) is 20.1 Å². The number of halogens is 1. The molecule has 0 amide bonds. The smallest absolute Gasteiger partial charge is 0.342 e. The van der Waals surface area contributed by atoms with Gasteiger partial charge in [0.05, 0.1) is 29.8 Å². The Bertz CT molecular complexity index is 1360. The number of terminal acetylenes is 1. The van der Waals surface area contributed by atoms with Gasteiger partial charge in [0.15, 0.2) is 12.4 Å². The van der Waals surface area contributed by atoms with E-state index < -0.39 is 43.3 Å². The number of hydrogen-bond donors (Lipinski definition) is 3. The van der Waals surface area contributed by atoms with Crippen LogP contribution in [-0.4, -0.2) is 82.4 Å². The molecule has 1 fully saturated rings. The number of aliphatic hydroxyl groups excluding tert-OH is 3. The van der Waals surface area contributed by atoms with Gasteiger partial charge in [0, 0.05) is 26.1 Å². The van der Waals surface area contributed by atoms with Gasteiger partial charge >= 0.3 is 5.97 Å². The van der Waals surface area contributed by atoms with Crippen molar-refractivity contribution in [2.75, 3.05) is 20.8 Å². The number of ether oxygens (including phenoxy) is 5. The Morgan fingerprint density at radius 3 is 2.67 bits per heavy atom. The first-order valence-corrected chi connectivity index (χ1v) is 12.9. The molecule has 1 aromatic heterocycles. The zero-order valence-corrected chi connectivity index (χ0v) is 22.8. The Balaban J connectivity index is 1.54. The Labute approximate surface area is 236 Å². The van der Waals surface area contributed by atoms with Gasteiger partial charge in [-0.25, -0.2) is 9.78 Å². The van der Waals surface area contributed by atoms with E-state index in [1.54, 1.807) is 0 Å². The van der Waals surface area contributed by atoms with E-state index in [0.717, 1.165) is 17.5 Å². The zero-order chi connectivity index (χ0) is 28.8. The highest BCUT2D eigenvalue weighted by Crippen LogP contribution is 2.35. The summed E-state index contributed by atoms with van der Waals surface area (Å²) in [5, 5.41) is 30.6. The van der Waals surface area contributed by atoms with E-state index in [-0.39, 0.29) is 28.7 Å². The van der Waals surface area contributed by atoms with Crippen LogP contribution in [0.25, 0.3) is 11.0 Å². The number of hydrogen-bond acceptors (Lipinski definition) is 10. The van der Waals surface area contributed by atoms with Crippen LogP contribution in [-0.2, 0) is 27.4 Å². The summed E-state index contributed by atoms with van der Waals surface area (Å²) in [4.78, 5) is 17.8. The minimum atomic E-state index is -1.52. The van der Waals surface area contributed by atoms with Crippen LogP contribution in [0.3, 0.4) is 0 Å². The van der Waals surface area contributed by atoms with E-state index in [2.05, 4.69) is 10.9 Å². The van der Waals surface area contributed by atoms with E-state index in [1.807, 2.05) is 28.8 Å². The number of carbonyl (C=O) groups is 1. The van der Waals surface area contributed by atoms with E-state index >= 15 is 0 Å². The Morgan fingerprint density at radius 1 is 1.20 bits per heavy atom. The molecular formula is C28H31ClN2O9. The Hall–Kier alpha value is -3.37. The minimum Gasteiger partial charge on any atom is -0.496 e. The fourth-order valence-corrected chi connectivity index (χ4v) is 4.73. The predicted molar refractivity (Wildman–Crippen MR) is 144 cm³/mol. The van der Waals surface area contributed by atoms with Gasteiger partial charge in [-0.15, -0.1) is 12.3 Å². The van der Waals surface area contributed by atoms with Crippen LogP contribution >= 0.6 is 11.6 Å². The SMILES string of the molecule is C#CCCCn1c(COc2cc(OC)c(C(=O)O[C@@H]3[C@@H](O)[C@@H](OC)O[C@H](CO)[C@H]3O)cc2Cl)nc2ccccc21. The monoisotopic (exact) mass is 574 g/mol.